The first-order valence-electron chi connectivity index (χ1n) is 5.32. The van der Waals surface area contributed by atoms with Gasteiger partial charge >= 0.3 is 0 Å². The molecule has 2 aromatic carbocycles. The fourth-order valence-electron chi connectivity index (χ4n) is 1.61. The monoisotopic (exact) mass is 230 g/mol. The number of aromatic hydroxyl groups is 1. The van der Waals surface area contributed by atoms with Gasteiger partial charge in [-0.05, 0) is 11.6 Å². The second-order valence-electron chi connectivity index (χ2n) is 3.57. The molecule has 0 fully saturated rings. The van der Waals surface area contributed by atoms with Crippen molar-refractivity contribution in [1.82, 2.24) is 0 Å². The molecule has 0 aliphatic carbocycles. The third-order valence-electron chi connectivity index (χ3n) is 2.42. The highest BCUT2D eigenvalue weighted by molar-refractivity contribution is 5.73. The Hall–Kier alpha value is -2.00. The molecule has 0 aromatic heterocycles. The molecule has 1 N–H and O–H groups in total. The van der Waals surface area contributed by atoms with Crippen LogP contribution in [-0.4, -0.2) is 19.0 Å². The topological polar surface area (TPSA) is 38.7 Å². The molecule has 0 heterocycles. The molecule has 0 bridgehead atoms. The first kappa shape index (κ1) is 11.5. The SMILES string of the molecule is COCOc1cccc(-c2ccccc2)c1O. The van der Waals surface area contributed by atoms with Crippen LogP contribution < -0.4 is 4.74 Å². The first-order chi connectivity index (χ1) is 8.33. The average molecular weight is 230 g/mol. The quantitative estimate of drug-likeness (QED) is 0.820. The lowest BCUT2D eigenvalue weighted by atomic mass is 10.0. The number of ether oxygens (including phenoxy) is 2. The van der Waals surface area contributed by atoms with Crippen LogP contribution in [0.3, 0.4) is 0 Å². The highest BCUT2D eigenvalue weighted by Crippen LogP contribution is 2.36. The standard InChI is InChI=1S/C14H14O3/c1-16-10-17-13-9-5-8-12(14(13)15)11-6-3-2-4-7-11/h2-9,15H,10H2,1H3. The van der Waals surface area contributed by atoms with Crippen LogP contribution in [0.4, 0.5) is 0 Å². The summed E-state index contributed by atoms with van der Waals surface area (Å²) >= 11 is 0. The predicted octanol–water partition coefficient (Wildman–Crippen LogP) is 3.04. The molecular formula is C14H14O3. The van der Waals surface area contributed by atoms with Crippen LogP contribution in [0.2, 0.25) is 0 Å². The Morgan fingerprint density at radius 3 is 2.47 bits per heavy atom. The second-order valence-corrected chi connectivity index (χ2v) is 3.57. The van der Waals surface area contributed by atoms with Crippen molar-refractivity contribution in [2.24, 2.45) is 0 Å². The number of phenolic OH excluding ortho intramolecular Hbond substituents is 1. The number of hydrogen-bond acceptors (Lipinski definition) is 3. The van der Waals surface area contributed by atoms with Gasteiger partial charge in [0.05, 0.1) is 0 Å². The normalized spacial score (nSPS) is 10.2. The molecule has 88 valence electrons. The molecule has 0 radical (unpaired) electrons. The number of phenols is 1. The largest absolute Gasteiger partial charge is 0.504 e. The van der Waals surface area contributed by atoms with Crippen molar-refractivity contribution in [3.63, 3.8) is 0 Å². The fraction of sp³-hybridized carbons (Fsp3) is 0.143. The maximum Gasteiger partial charge on any atom is 0.188 e. The lowest BCUT2D eigenvalue weighted by Crippen LogP contribution is -1.99. The van der Waals surface area contributed by atoms with Crippen molar-refractivity contribution >= 4 is 0 Å². The number of rotatable bonds is 4. The van der Waals surface area contributed by atoms with Crippen LogP contribution >= 0.6 is 0 Å². The molecular weight excluding hydrogens is 216 g/mol. The van der Waals surface area contributed by atoms with Crippen molar-refractivity contribution in [1.29, 1.82) is 0 Å². The molecule has 0 saturated carbocycles. The van der Waals surface area contributed by atoms with Crippen molar-refractivity contribution in [2.75, 3.05) is 13.9 Å². The van der Waals surface area contributed by atoms with E-state index in [1.165, 1.54) is 7.11 Å². The van der Waals surface area contributed by atoms with Gasteiger partial charge in [0.25, 0.3) is 0 Å². The fourth-order valence-corrected chi connectivity index (χ4v) is 1.61. The molecule has 3 nitrogen and oxygen atoms in total. The number of hydrogen-bond donors (Lipinski definition) is 1. The third kappa shape index (κ3) is 2.57. The van der Waals surface area contributed by atoms with E-state index >= 15 is 0 Å². The van der Waals surface area contributed by atoms with Crippen molar-refractivity contribution < 1.29 is 14.6 Å². The molecule has 2 aromatic rings. The lowest BCUT2D eigenvalue weighted by molar-refractivity contribution is 0.0493. The second kappa shape index (κ2) is 5.37. The summed E-state index contributed by atoms with van der Waals surface area (Å²) in [6, 6.07) is 15.1. The Balaban J connectivity index is 2.36. The molecule has 0 atom stereocenters. The summed E-state index contributed by atoms with van der Waals surface area (Å²) in [5, 5.41) is 10.1. The lowest BCUT2D eigenvalue weighted by Gasteiger charge is -2.10. The number of para-hydroxylation sites is 1. The maximum atomic E-state index is 10.1. The molecule has 3 heteroatoms. The number of benzene rings is 2. The van der Waals surface area contributed by atoms with E-state index in [1.54, 1.807) is 6.07 Å². The van der Waals surface area contributed by atoms with Gasteiger partial charge in [-0.1, -0.05) is 42.5 Å². The van der Waals surface area contributed by atoms with Gasteiger partial charge in [0.1, 0.15) is 0 Å². The van der Waals surface area contributed by atoms with Crippen molar-refractivity contribution in [2.45, 2.75) is 0 Å². The van der Waals surface area contributed by atoms with E-state index in [2.05, 4.69) is 0 Å². The van der Waals surface area contributed by atoms with Crippen LogP contribution in [0, 0.1) is 0 Å². The van der Waals surface area contributed by atoms with Crippen LogP contribution in [0.15, 0.2) is 48.5 Å². The summed E-state index contributed by atoms with van der Waals surface area (Å²) in [5.74, 6) is 0.559. The minimum absolute atomic E-state index is 0.117. The van der Waals surface area contributed by atoms with Crippen LogP contribution in [-0.2, 0) is 4.74 Å². The van der Waals surface area contributed by atoms with Crippen LogP contribution in [0.25, 0.3) is 11.1 Å². The summed E-state index contributed by atoms with van der Waals surface area (Å²) in [5.41, 5.74) is 1.70. The summed E-state index contributed by atoms with van der Waals surface area (Å²) in [6.45, 7) is 0.117. The molecule has 0 aliphatic heterocycles. The molecule has 0 amide bonds. The Morgan fingerprint density at radius 1 is 1.00 bits per heavy atom. The van der Waals surface area contributed by atoms with Gasteiger partial charge in [-0.15, -0.1) is 0 Å². The van der Waals surface area contributed by atoms with Crippen molar-refractivity contribution in [3.05, 3.63) is 48.5 Å². The summed E-state index contributed by atoms with van der Waals surface area (Å²) < 4.78 is 10.1. The van der Waals surface area contributed by atoms with Gasteiger partial charge in [0.2, 0.25) is 0 Å². The van der Waals surface area contributed by atoms with E-state index in [1.807, 2.05) is 42.5 Å². The average Bonchev–Trinajstić information content (AvgIpc) is 2.39. The molecule has 0 spiro atoms. The van der Waals surface area contributed by atoms with Crippen molar-refractivity contribution in [3.8, 4) is 22.6 Å². The zero-order valence-corrected chi connectivity index (χ0v) is 9.59. The van der Waals surface area contributed by atoms with E-state index < -0.39 is 0 Å². The van der Waals surface area contributed by atoms with E-state index in [9.17, 15) is 5.11 Å². The molecule has 0 saturated heterocycles. The van der Waals surface area contributed by atoms with Gasteiger partial charge in [-0.3, -0.25) is 0 Å². The zero-order valence-electron chi connectivity index (χ0n) is 9.59. The van der Waals surface area contributed by atoms with E-state index in [0.29, 0.717) is 5.75 Å². The maximum absolute atomic E-state index is 10.1. The van der Waals surface area contributed by atoms with Gasteiger partial charge in [-0.25, -0.2) is 0 Å². The first-order valence-corrected chi connectivity index (χ1v) is 5.32. The Bertz CT molecular complexity index is 480. The van der Waals surface area contributed by atoms with E-state index in [4.69, 9.17) is 9.47 Å². The minimum atomic E-state index is 0.117. The zero-order chi connectivity index (χ0) is 12.1. The smallest absolute Gasteiger partial charge is 0.188 e. The third-order valence-corrected chi connectivity index (χ3v) is 2.42. The van der Waals surface area contributed by atoms with Gasteiger partial charge in [0, 0.05) is 12.7 Å². The Morgan fingerprint density at radius 2 is 1.76 bits per heavy atom. The minimum Gasteiger partial charge on any atom is -0.504 e. The van der Waals surface area contributed by atoms with Crippen LogP contribution in [0.5, 0.6) is 11.5 Å². The van der Waals surface area contributed by atoms with Gasteiger partial charge in [-0.2, -0.15) is 0 Å². The highest BCUT2D eigenvalue weighted by Gasteiger charge is 2.09. The molecule has 17 heavy (non-hydrogen) atoms. The highest BCUT2D eigenvalue weighted by atomic mass is 16.7. The molecule has 0 unspecified atom stereocenters. The summed E-state index contributed by atoms with van der Waals surface area (Å²) in [6.07, 6.45) is 0. The summed E-state index contributed by atoms with van der Waals surface area (Å²) in [7, 11) is 1.54. The summed E-state index contributed by atoms with van der Waals surface area (Å²) in [4.78, 5) is 0. The van der Waals surface area contributed by atoms with Crippen LogP contribution in [0.1, 0.15) is 0 Å². The number of methoxy groups -OCH3 is 1. The van der Waals surface area contributed by atoms with Gasteiger partial charge < -0.3 is 14.6 Å². The van der Waals surface area contributed by atoms with E-state index in [-0.39, 0.29) is 12.5 Å². The Labute approximate surface area is 100 Å². The van der Waals surface area contributed by atoms with E-state index in [0.717, 1.165) is 11.1 Å². The Kier molecular flexibility index (Phi) is 3.62. The molecule has 2 rings (SSSR count). The molecule has 0 aliphatic rings. The predicted molar refractivity (Wildman–Crippen MR) is 66.0 cm³/mol. The van der Waals surface area contributed by atoms with Gasteiger partial charge in [0.15, 0.2) is 18.3 Å².